The van der Waals surface area contributed by atoms with Gasteiger partial charge in [0.05, 0.1) is 13.2 Å². The van der Waals surface area contributed by atoms with Gasteiger partial charge < -0.3 is 0 Å². The molecule has 3 atom stereocenters. The number of pyridine rings is 1. The lowest BCUT2D eigenvalue weighted by atomic mass is 9.60. The van der Waals surface area contributed by atoms with E-state index >= 15 is 0 Å². The van der Waals surface area contributed by atoms with Crippen LogP contribution in [0.2, 0.25) is 0 Å². The van der Waals surface area contributed by atoms with Crippen LogP contribution in [-0.4, -0.2) is 6.04 Å². The predicted octanol–water partition coefficient (Wildman–Crippen LogP) is 3.75. The molecule has 2 aromatic heterocycles. The van der Waals surface area contributed by atoms with Crippen LogP contribution >= 0.6 is 11.3 Å². The van der Waals surface area contributed by atoms with Gasteiger partial charge in [0.2, 0.25) is 0 Å². The van der Waals surface area contributed by atoms with E-state index in [9.17, 15) is 0 Å². The number of nitrogens with zero attached hydrogens (tertiary/aromatic N) is 2. The summed E-state index contributed by atoms with van der Waals surface area (Å²) in [5.74, 6) is 1.33. The van der Waals surface area contributed by atoms with E-state index in [0.717, 1.165) is 0 Å². The van der Waals surface area contributed by atoms with E-state index in [-0.39, 0.29) is 11.0 Å². The first-order valence-corrected chi connectivity index (χ1v) is 8.69. The molecule has 4 heterocycles. The Kier molecular flexibility index (Phi) is 2.60. The van der Waals surface area contributed by atoms with E-state index in [0.29, 0.717) is 6.04 Å². The third-order valence-corrected chi connectivity index (χ3v) is 7.20. The van der Waals surface area contributed by atoms with Crippen molar-refractivity contribution in [3.63, 3.8) is 0 Å². The molecule has 5 rings (SSSR count). The summed E-state index contributed by atoms with van der Waals surface area (Å²) < 4.78 is 2.26. The molecular formula is C18H23N2S+. The van der Waals surface area contributed by atoms with Crippen molar-refractivity contribution in [3.8, 4) is 0 Å². The van der Waals surface area contributed by atoms with Crippen LogP contribution in [0.25, 0.3) is 0 Å². The standard InChI is InChI=1S/C18H23N2S/c1-13-17(2)9-10-18(3,14-8-12-21-16(14)17)20(13)15-7-5-6-11-19(15)4/h5-8,11-13H,9-10H2,1-4H3/q+1. The molecule has 2 nitrogen and oxygen atoms in total. The van der Waals surface area contributed by atoms with Gasteiger partial charge in [-0.3, -0.25) is 0 Å². The molecule has 2 aromatic rings. The number of hydrogen-bond donors (Lipinski definition) is 0. The summed E-state index contributed by atoms with van der Waals surface area (Å²) in [6, 6.07) is 9.41. The Balaban J connectivity index is 1.97. The van der Waals surface area contributed by atoms with Crippen LogP contribution in [0, 0.1) is 0 Å². The highest BCUT2D eigenvalue weighted by molar-refractivity contribution is 7.10. The molecule has 0 aromatic carbocycles. The molecule has 3 unspecified atom stereocenters. The molecule has 110 valence electrons. The molecule has 2 bridgehead atoms. The van der Waals surface area contributed by atoms with Crippen LogP contribution in [0.1, 0.15) is 44.1 Å². The monoisotopic (exact) mass is 299 g/mol. The van der Waals surface area contributed by atoms with Gasteiger partial charge in [-0.2, -0.15) is 0 Å². The normalized spacial score (nSPS) is 34.1. The van der Waals surface area contributed by atoms with Crippen LogP contribution in [0.5, 0.6) is 0 Å². The molecule has 21 heavy (non-hydrogen) atoms. The summed E-state index contributed by atoms with van der Waals surface area (Å²) in [5.41, 5.74) is 1.97. The minimum Gasteiger partial charge on any atom is -0.249 e. The van der Waals surface area contributed by atoms with Crippen molar-refractivity contribution < 1.29 is 4.57 Å². The van der Waals surface area contributed by atoms with Gasteiger partial charge in [-0.1, -0.05) is 13.0 Å². The smallest absolute Gasteiger partial charge is 0.249 e. The molecule has 1 fully saturated rings. The Morgan fingerprint density at radius 1 is 1.24 bits per heavy atom. The summed E-state index contributed by atoms with van der Waals surface area (Å²) in [6.45, 7) is 7.30. The first kappa shape index (κ1) is 13.3. The molecule has 3 heteroatoms. The van der Waals surface area contributed by atoms with Gasteiger partial charge in [-0.15, -0.1) is 11.3 Å². The minimum atomic E-state index is 0.131. The zero-order valence-corrected chi connectivity index (χ0v) is 14.1. The highest BCUT2D eigenvalue weighted by Gasteiger charge is 2.61. The predicted molar refractivity (Wildman–Crippen MR) is 87.8 cm³/mol. The number of aryl methyl sites for hydroxylation is 1. The van der Waals surface area contributed by atoms with Gasteiger partial charge in [0.15, 0.2) is 0 Å². The van der Waals surface area contributed by atoms with Crippen molar-refractivity contribution in [1.82, 2.24) is 0 Å². The van der Waals surface area contributed by atoms with Crippen molar-refractivity contribution in [2.75, 3.05) is 4.90 Å². The summed E-state index contributed by atoms with van der Waals surface area (Å²) in [4.78, 5) is 4.30. The molecule has 0 saturated carbocycles. The average Bonchev–Trinajstić information content (AvgIpc) is 2.96. The van der Waals surface area contributed by atoms with Gasteiger partial charge >= 0.3 is 0 Å². The van der Waals surface area contributed by atoms with Crippen LogP contribution in [0.4, 0.5) is 5.82 Å². The Bertz CT molecular complexity index is 707. The first-order valence-electron chi connectivity index (χ1n) is 7.81. The SMILES string of the molecule is CC1N(c2cccc[n+]2C)C2(C)CCC1(C)c1sccc12. The topological polar surface area (TPSA) is 7.12 Å². The second-order valence-corrected chi connectivity index (χ2v) is 7.99. The lowest BCUT2D eigenvalue weighted by Gasteiger charge is -2.57. The second-order valence-electron chi connectivity index (χ2n) is 7.07. The van der Waals surface area contributed by atoms with E-state index < -0.39 is 0 Å². The number of rotatable bonds is 1. The molecular weight excluding hydrogens is 276 g/mol. The molecule has 0 radical (unpaired) electrons. The summed E-state index contributed by atoms with van der Waals surface area (Å²) in [5, 5.41) is 2.29. The van der Waals surface area contributed by atoms with Gasteiger partial charge in [-0.05, 0) is 44.2 Å². The number of hydrogen-bond acceptors (Lipinski definition) is 2. The molecule has 0 amide bonds. The Morgan fingerprint density at radius 3 is 2.81 bits per heavy atom. The number of thiophene rings is 1. The third-order valence-electron chi connectivity index (χ3n) is 6.01. The van der Waals surface area contributed by atoms with E-state index in [1.54, 1.807) is 10.4 Å². The quantitative estimate of drug-likeness (QED) is 0.728. The fourth-order valence-corrected chi connectivity index (χ4v) is 5.80. The van der Waals surface area contributed by atoms with Crippen LogP contribution in [-0.2, 0) is 18.0 Å². The maximum absolute atomic E-state index is 2.67. The molecule has 0 N–H and O–H groups in total. The van der Waals surface area contributed by atoms with Gasteiger partial charge in [-0.25, -0.2) is 9.47 Å². The maximum atomic E-state index is 2.67. The number of piperidine rings is 1. The highest BCUT2D eigenvalue weighted by atomic mass is 32.1. The van der Waals surface area contributed by atoms with Crippen molar-refractivity contribution in [2.45, 2.75) is 50.6 Å². The number of anilines is 1. The average molecular weight is 299 g/mol. The van der Waals surface area contributed by atoms with Crippen molar-refractivity contribution >= 4 is 17.2 Å². The minimum absolute atomic E-state index is 0.131. The van der Waals surface area contributed by atoms with E-state index in [4.69, 9.17) is 0 Å². The molecule has 3 aliphatic rings. The largest absolute Gasteiger partial charge is 0.277 e. The van der Waals surface area contributed by atoms with Crippen molar-refractivity contribution in [2.24, 2.45) is 7.05 Å². The lowest BCUT2D eigenvalue weighted by Crippen LogP contribution is -2.67. The van der Waals surface area contributed by atoms with Gasteiger partial charge in [0.25, 0.3) is 5.82 Å². The van der Waals surface area contributed by atoms with Gasteiger partial charge in [0, 0.05) is 21.9 Å². The molecule has 1 aliphatic carbocycles. The molecule has 2 aliphatic heterocycles. The van der Waals surface area contributed by atoms with E-state index in [1.165, 1.54) is 18.7 Å². The Hall–Kier alpha value is -1.35. The Morgan fingerprint density at radius 2 is 2.05 bits per heavy atom. The second kappa shape index (κ2) is 4.10. The summed E-state index contributed by atoms with van der Waals surface area (Å²) in [6.07, 6.45) is 4.70. The fourth-order valence-electron chi connectivity index (χ4n) is 4.50. The fraction of sp³-hybridized carbons (Fsp3) is 0.500. The third kappa shape index (κ3) is 1.50. The zero-order valence-electron chi connectivity index (χ0n) is 13.3. The summed E-state index contributed by atoms with van der Waals surface area (Å²) >= 11 is 1.96. The van der Waals surface area contributed by atoms with E-state index in [2.05, 4.69) is 73.1 Å². The molecule has 0 spiro atoms. The number of fused-ring (bicyclic) bond motifs is 2. The number of aromatic nitrogens is 1. The maximum Gasteiger partial charge on any atom is 0.277 e. The lowest BCUT2D eigenvalue weighted by molar-refractivity contribution is -0.659. The Labute approximate surface area is 131 Å². The van der Waals surface area contributed by atoms with E-state index in [1.807, 2.05) is 11.3 Å². The van der Waals surface area contributed by atoms with Crippen LogP contribution in [0.15, 0.2) is 35.8 Å². The van der Waals surface area contributed by atoms with Crippen LogP contribution < -0.4 is 9.47 Å². The zero-order chi connectivity index (χ0) is 14.8. The van der Waals surface area contributed by atoms with Crippen molar-refractivity contribution in [3.05, 3.63) is 46.3 Å². The molecule has 1 saturated heterocycles. The van der Waals surface area contributed by atoms with Gasteiger partial charge in [0.1, 0.15) is 11.6 Å². The summed E-state index contributed by atoms with van der Waals surface area (Å²) in [7, 11) is 2.16. The highest BCUT2D eigenvalue weighted by Crippen LogP contribution is 2.58. The first-order chi connectivity index (χ1) is 9.98. The van der Waals surface area contributed by atoms with Crippen LogP contribution in [0.3, 0.4) is 0 Å². The van der Waals surface area contributed by atoms with Crippen molar-refractivity contribution in [1.29, 1.82) is 0 Å².